The molecule has 1 aromatic heterocycles. The number of hydrogen-bond acceptors (Lipinski definition) is 13. The number of hydrogen-bond donors (Lipinski definition) is 2. The Morgan fingerprint density at radius 3 is 2.21 bits per heavy atom. The van der Waals surface area contributed by atoms with Gasteiger partial charge < -0.3 is 24.4 Å². The van der Waals surface area contributed by atoms with E-state index in [-0.39, 0.29) is 83.8 Å². The fourth-order valence-corrected chi connectivity index (χ4v) is 11.0. The predicted molar refractivity (Wildman–Crippen MR) is 236 cm³/mol. The topological polar surface area (TPSA) is 196 Å². The number of methoxy groups -OCH3 is 1. The van der Waals surface area contributed by atoms with Crippen LogP contribution < -0.4 is 29.7 Å². The number of carbonyl (C=O) groups excluding carboxylic acids is 5. The number of aromatic nitrogens is 2. The number of nitrogens with zero attached hydrogens (tertiary/aromatic N) is 6. The molecule has 2 N–H and O–H groups in total. The molecule has 2 saturated carbocycles. The summed E-state index contributed by atoms with van der Waals surface area (Å²) in [5.74, 6) is -1.02. The molecule has 2 aliphatic carbocycles. The van der Waals surface area contributed by atoms with E-state index in [9.17, 15) is 38.0 Å². The quantitative estimate of drug-likeness (QED) is 0.196. The number of anilines is 1. The summed E-state index contributed by atoms with van der Waals surface area (Å²) in [7, 11) is 1.36. The molecule has 3 aromatic rings. The number of nitriles is 1. The van der Waals surface area contributed by atoms with Crippen molar-refractivity contribution in [1.29, 1.82) is 5.26 Å². The maximum atomic E-state index is 13.9. The zero-order valence-corrected chi connectivity index (χ0v) is 38.3. The van der Waals surface area contributed by atoms with Gasteiger partial charge in [-0.2, -0.15) is 5.26 Å². The number of imide groups is 2. The standard InChI is InChI=1S/C48H56F2N8O8/c1-25-14-29(15-26(2)33(25)20-51)66-46-47(3,4)45(48(46,5)6)55-41(60)34-21-53-38(22-52-34)56-12-10-27(11-13-56)23-57(24-37(49)50)28-16-30(17-28)65-31-18-32-40(36(19-31)64-7)44(63)58(43(32)62)35-8-9-39(59)54-42(35)61/h14-15,18-19,21-22,27-28,30,35,37,45-46H,8-13,16-17,23-24H2,1-7H3,(H,55,60)(H,54,59,61)/t28?,30?,35-,45?,46?/m1/s1. The Hall–Kier alpha value is -6.22. The van der Waals surface area contributed by atoms with Crippen molar-refractivity contribution < 1.29 is 47.0 Å². The summed E-state index contributed by atoms with van der Waals surface area (Å²) >= 11 is 0. The highest BCUT2D eigenvalue weighted by Crippen LogP contribution is 2.55. The molecular weight excluding hydrogens is 855 g/mol. The molecule has 350 valence electrons. The van der Waals surface area contributed by atoms with Crippen LogP contribution in [0.3, 0.4) is 0 Å². The number of halogens is 2. The number of alkyl halides is 2. The van der Waals surface area contributed by atoms with Crippen LogP contribution >= 0.6 is 0 Å². The number of benzene rings is 2. The smallest absolute Gasteiger partial charge is 0.271 e. The molecule has 0 spiro atoms. The first-order valence-electron chi connectivity index (χ1n) is 22.5. The summed E-state index contributed by atoms with van der Waals surface area (Å²) in [6.45, 7) is 13.5. The van der Waals surface area contributed by atoms with Crippen molar-refractivity contribution in [2.24, 2.45) is 16.7 Å². The number of piperidine rings is 2. The maximum Gasteiger partial charge on any atom is 0.271 e. The first-order valence-corrected chi connectivity index (χ1v) is 22.5. The number of fused-ring (bicyclic) bond motifs is 1. The lowest BCUT2D eigenvalue weighted by Crippen LogP contribution is -2.74. The molecule has 0 bridgehead atoms. The normalized spacial score (nSPS) is 24.6. The minimum absolute atomic E-state index is 0.00591. The van der Waals surface area contributed by atoms with Gasteiger partial charge in [-0.15, -0.1) is 0 Å². The van der Waals surface area contributed by atoms with E-state index in [0.29, 0.717) is 49.6 Å². The van der Waals surface area contributed by atoms with Gasteiger partial charge in [-0.1, -0.05) is 27.7 Å². The second-order valence-corrected chi connectivity index (χ2v) is 19.5. The molecule has 5 aliphatic rings. The van der Waals surface area contributed by atoms with Crippen LogP contribution in [0.2, 0.25) is 0 Å². The highest BCUT2D eigenvalue weighted by atomic mass is 19.3. The number of carbonyl (C=O) groups is 5. The molecule has 18 heteroatoms. The first-order chi connectivity index (χ1) is 31.3. The molecule has 8 rings (SSSR count). The monoisotopic (exact) mass is 910 g/mol. The van der Waals surface area contributed by atoms with Crippen LogP contribution in [0.1, 0.15) is 114 Å². The Morgan fingerprint density at radius 2 is 1.62 bits per heavy atom. The fraction of sp³-hybridized carbons (Fsp3) is 0.542. The molecule has 66 heavy (non-hydrogen) atoms. The van der Waals surface area contributed by atoms with E-state index in [1.165, 1.54) is 25.4 Å². The average molecular weight is 911 g/mol. The Kier molecular flexibility index (Phi) is 12.5. The number of ether oxygens (including phenoxy) is 3. The summed E-state index contributed by atoms with van der Waals surface area (Å²) in [5, 5.41) is 14.8. The number of nitrogens with one attached hydrogen (secondary N) is 2. The van der Waals surface area contributed by atoms with Crippen LogP contribution in [-0.4, -0.2) is 119 Å². The lowest BCUT2D eigenvalue weighted by atomic mass is 9.49. The zero-order valence-electron chi connectivity index (χ0n) is 38.3. The van der Waals surface area contributed by atoms with Crippen molar-refractivity contribution in [3.8, 4) is 23.3 Å². The van der Waals surface area contributed by atoms with Crippen LogP contribution in [-0.2, 0) is 9.59 Å². The second kappa shape index (κ2) is 17.9. The van der Waals surface area contributed by atoms with Crippen LogP contribution in [0, 0.1) is 41.9 Å². The second-order valence-electron chi connectivity index (χ2n) is 19.5. The van der Waals surface area contributed by atoms with Gasteiger partial charge in [0.2, 0.25) is 11.8 Å². The van der Waals surface area contributed by atoms with Gasteiger partial charge in [-0.3, -0.25) is 39.1 Å². The zero-order chi connectivity index (χ0) is 47.4. The molecule has 4 heterocycles. The molecule has 16 nitrogen and oxygen atoms in total. The van der Waals surface area contributed by atoms with Gasteiger partial charge in [-0.05, 0) is 68.4 Å². The molecule has 0 unspecified atom stereocenters. The van der Waals surface area contributed by atoms with Crippen molar-refractivity contribution in [3.05, 3.63) is 70.2 Å². The first kappa shape index (κ1) is 46.3. The van der Waals surface area contributed by atoms with Gasteiger partial charge in [-0.25, -0.2) is 18.7 Å². The summed E-state index contributed by atoms with van der Waals surface area (Å²) < 4.78 is 46.0. The van der Waals surface area contributed by atoms with Gasteiger partial charge in [0.1, 0.15) is 47.0 Å². The predicted octanol–water partition coefficient (Wildman–Crippen LogP) is 5.38. The minimum atomic E-state index is -2.52. The van der Waals surface area contributed by atoms with Crippen LogP contribution in [0.15, 0.2) is 36.7 Å². The highest BCUT2D eigenvalue weighted by molar-refractivity contribution is 6.24. The van der Waals surface area contributed by atoms with Crippen molar-refractivity contribution in [3.63, 3.8) is 0 Å². The van der Waals surface area contributed by atoms with Crippen molar-refractivity contribution in [2.75, 3.05) is 38.2 Å². The van der Waals surface area contributed by atoms with Crippen LogP contribution in [0.4, 0.5) is 14.6 Å². The van der Waals surface area contributed by atoms with E-state index < -0.39 is 46.9 Å². The van der Waals surface area contributed by atoms with Gasteiger partial charge >= 0.3 is 0 Å². The van der Waals surface area contributed by atoms with Crippen molar-refractivity contribution in [2.45, 2.75) is 117 Å². The third-order valence-electron chi connectivity index (χ3n) is 14.2. The Morgan fingerprint density at radius 1 is 0.955 bits per heavy atom. The van der Waals surface area contributed by atoms with Crippen molar-refractivity contribution in [1.82, 2.24) is 30.4 Å². The van der Waals surface area contributed by atoms with Gasteiger partial charge in [0.25, 0.3) is 24.1 Å². The number of rotatable bonds is 14. The summed E-state index contributed by atoms with van der Waals surface area (Å²) in [4.78, 5) is 78.4. The molecule has 3 aliphatic heterocycles. The Balaban J connectivity index is 0.821. The summed E-state index contributed by atoms with van der Waals surface area (Å²) in [6.07, 6.45) is 2.52. The fourth-order valence-electron chi connectivity index (χ4n) is 11.0. The van der Waals surface area contributed by atoms with E-state index >= 15 is 0 Å². The van der Waals surface area contributed by atoms with E-state index in [0.717, 1.165) is 28.9 Å². The van der Waals surface area contributed by atoms with E-state index in [4.69, 9.17) is 14.2 Å². The molecule has 1 atom stereocenters. The van der Waals surface area contributed by atoms with Crippen LogP contribution in [0.25, 0.3) is 0 Å². The Bertz CT molecular complexity index is 2440. The van der Waals surface area contributed by atoms with Gasteiger partial charge in [0.05, 0.1) is 48.8 Å². The molecule has 2 aromatic carbocycles. The summed E-state index contributed by atoms with van der Waals surface area (Å²) in [6, 6.07) is 7.47. The maximum absolute atomic E-state index is 13.9. The molecule has 5 amide bonds. The third kappa shape index (κ3) is 8.65. The van der Waals surface area contributed by atoms with Gasteiger partial charge in [0, 0.05) is 67.9 Å². The van der Waals surface area contributed by atoms with E-state index in [2.05, 4.69) is 59.3 Å². The Labute approximate surface area is 382 Å². The number of amides is 5. The highest BCUT2D eigenvalue weighted by Gasteiger charge is 2.64. The van der Waals surface area contributed by atoms with Crippen molar-refractivity contribution >= 4 is 35.4 Å². The molecule has 0 radical (unpaired) electrons. The van der Waals surface area contributed by atoms with Gasteiger partial charge in [0.15, 0.2) is 0 Å². The molecule has 4 fully saturated rings. The number of aryl methyl sites for hydroxylation is 2. The van der Waals surface area contributed by atoms with E-state index in [1.807, 2.05) is 30.9 Å². The summed E-state index contributed by atoms with van der Waals surface area (Å²) in [5.41, 5.74) is 1.75. The lowest BCUT2D eigenvalue weighted by Gasteiger charge is -2.63. The average Bonchev–Trinajstić information content (AvgIpc) is 3.50. The lowest BCUT2D eigenvalue weighted by molar-refractivity contribution is -0.164. The largest absolute Gasteiger partial charge is 0.496 e. The molecule has 2 saturated heterocycles. The molecular formula is C48H56F2N8O8. The van der Waals surface area contributed by atoms with Crippen LogP contribution in [0.5, 0.6) is 17.2 Å². The SMILES string of the molecule is COc1cc(OC2CC(N(CC(F)F)CC3CCN(c4cnc(C(=O)NC5C(C)(C)C(Oc6cc(C)c(C#N)c(C)c6)C5(C)C)cn4)CC3)C2)cc2c1C(=O)N([C@@H]1CCC(=O)NC1=O)C2=O. The minimum Gasteiger partial charge on any atom is -0.496 e. The van der Waals surface area contributed by atoms with E-state index in [1.54, 1.807) is 6.20 Å². The third-order valence-corrected chi connectivity index (χ3v) is 14.2.